The molecule has 5 nitrogen and oxygen atoms in total. The highest BCUT2D eigenvalue weighted by atomic mass is 32.1. The molecule has 0 bridgehead atoms. The maximum absolute atomic E-state index is 5.55. The molecule has 0 saturated carbocycles. The smallest absolute Gasteiger partial charge is 0.203 e. The fraction of sp³-hybridized carbons (Fsp3) is 0.444. The largest absolute Gasteiger partial charge is 0.374 e. The Bertz CT molecular complexity index is 460. The first-order valence-corrected chi connectivity index (χ1v) is 6.74. The lowest BCUT2D eigenvalue weighted by Crippen LogP contribution is -2.21. The van der Waals surface area contributed by atoms with E-state index >= 15 is 0 Å². The molecule has 0 saturated heterocycles. The number of aromatic nitrogens is 3. The van der Waals surface area contributed by atoms with Crippen LogP contribution in [0.4, 0.5) is 10.3 Å². The van der Waals surface area contributed by atoms with E-state index in [1.165, 1.54) is 11.3 Å². The lowest BCUT2D eigenvalue weighted by Gasteiger charge is -2.16. The molecule has 86 valence electrons. The van der Waals surface area contributed by atoms with E-state index < -0.39 is 0 Å². The summed E-state index contributed by atoms with van der Waals surface area (Å²) < 4.78 is 0. The molecule has 2 N–H and O–H groups in total. The summed E-state index contributed by atoms with van der Waals surface area (Å²) in [5.74, 6) is 0. The Balaban J connectivity index is 2.25. The number of hydrogen-bond donors (Lipinski definition) is 1. The third kappa shape index (κ3) is 2.14. The van der Waals surface area contributed by atoms with Crippen LogP contribution in [0.3, 0.4) is 0 Å². The number of nitrogens with zero attached hydrogens (tertiary/aromatic N) is 4. The van der Waals surface area contributed by atoms with Crippen LogP contribution in [0.5, 0.6) is 0 Å². The molecule has 0 radical (unpaired) electrons. The highest BCUT2D eigenvalue weighted by Crippen LogP contribution is 2.29. The molecule has 0 amide bonds. The minimum absolute atomic E-state index is 0.479. The Morgan fingerprint density at radius 1 is 1.31 bits per heavy atom. The zero-order valence-corrected chi connectivity index (χ0v) is 10.8. The van der Waals surface area contributed by atoms with Gasteiger partial charge in [0.05, 0.1) is 0 Å². The molecule has 0 aromatic carbocycles. The van der Waals surface area contributed by atoms with E-state index in [1.54, 1.807) is 11.3 Å². The Labute approximate surface area is 102 Å². The van der Waals surface area contributed by atoms with E-state index in [-0.39, 0.29) is 0 Å². The predicted octanol–water partition coefficient (Wildman–Crippen LogP) is 2.09. The van der Waals surface area contributed by atoms with Crippen LogP contribution < -0.4 is 10.6 Å². The van der Waals surface area contributed by atoms with Crippen molar-refractivity contribution in [3.63, 3.8) is 0 Å². The molecule has 0 fully saturated rings. The molecule has 2 aromatic rings. The molecule has 0 aliphatic rings. The molecule has 2 aromatic heterocycles. The number of rotatable bonds is 4. The van der Waals surface area contributed by atoms with Crippen molar-refractivity contribution in [1.82, 2.24) is 15.2 Å². The Kier molecular flexibility index (Phi) is 3.35. The zero-order chi connectivity index (χ0) is 11.5. The van der Waals surface area contributed by atoms with Crippen LogP contribution in [-0.4, -0.2) is 28.3 Å². The van der Waals surface area contributed by atoms with Crippen molar-refractivity contribution in [2.24, 2.45) is 0 Å². The van der Waals surface area contributed by atoms with Gasteiger partial charge in [0.1, 0.15) is 5.69 Å². The molecule has 0 spiro atoms. The number of nitrogens with two attached hydrogens (primary N) is 1. The minimum atomic E-state index is 0.479. The van der Waals surface area contributed by atoms with Crippen molar-refractivity contribution in [3.05, 3.63) is 5.38 Å². The molecular weight excluding hydrogens is 242 g/mol. The van der Waals surface area contributed by atoms with Gasteiger partial charge in [-0.15, -0.1) is 21.5 Å². The molecule has 0 aliphatic heterocycles. The first-order valence-electron chi connectivity index (χ1n) is 5.04. The van der Waals surface area contributed by atoms with Crippen molar-refractivity contribution in [2.45, 2.75) is 13.8 Å². The number of nitrogen functional groups attached to an aromatic ring is 1. The van der Waals surface area contributed by atoms with E-state index in [4.69, 9.17) is 5.73 Å². The second-order valence-electron chi connectivity index (χ2n) is 3.13. The summed E-state index contributed by atoms with van der Waals surface area (Å²) >= 11 is 2.99. The standard InChI is InChI=1S/C9H13N5S2/c1-3-14(4-2)9-11-6(5-15-9)7-12-13-8(10)16-7/h5H,3-4H2,1-2H3,(H2,10,13). The number of thiazole rings is 1. The number of anilines is 2. The van der Waals surface area contributed by atoms with Gasteiger partial charge in [-0.3, -0.25) is 0 Å². The maximum atomic E-state index is 5.55. The van der Waals surface area contributed by atoms with Gasteiger partial charge in [0.25, 0.3) is 0 Å². The number of hydrogen-bond acceptors (Lipinski definition) is 7. The fourth-order valence-electron chi connectivity index (χ4n) is 1.34. The molecular formula is C9H13N5S2. The highest BCUT2D eigenvalue weighted by Gasteiger charge is 2.12. The van der Waals surface area contributed by atoms with Gasteiger partial charge < -0.3 is 10.6 Å². The summed E-state index contributed by atoms with van der Waals surface area (Å²) in [6.45, 7) is 6.16. The van der Waals surface area contributed by atoms with Crippen molar-refractivity contribution in [3.8, 4) is 10.7 Å². The first-order chi connectivity index (χ1) is 7.74. The first kappa shape index (κ1) is 11.3. The zero-order valence-electron chi connectivity index (χ0n) is 9.17. The highest BCUT2D eigenvalue weighted by molar-refractivity contribution is 7.19. The molecule has 0 unspecified atom stereocenters. The maximum Gasteiger partial charge on any atom is 0.203 e. The summed E-state index contributed by atoms with van der Waals surface area (Å²) in [4.78, 5) is 6.74. The fourth-order valence-corrected chi connectivity index (χ4v) is 2.92. The van der Waals surface area contributed by atoms with Crippen LogP contribution in [0, 0.1) is 0 Å². The van der Waals surface area contributed by atoms with Crippen molar-refractivity contribution >= 4 is 32.9 Å². The van der Waals surface area contributed by atoms with E-state index in [0.29, 0.717) is 5.13 Å². The van der Waals surface area contributed by atoms with Crippen LogP contribution in [0.25, 0.3) is 10.7 Å². The van der Waals surface area contributed by atoms with Gasteiger partial charge in [0.2, 0.25) is 5.13 Å². The van der Waals surface area contributed by atoms with Gasteiger partial charge in [-0.25, -0.2) is 4.98 Å². The van der Waals surface area contributed by atoms with Gasteiger partial charge in [-0.1, -0.05) is 11.3 Å². The van der Waals surface area contributed by atoms with Crippen molar-refractivity contribution < 1.29 is 0 Å². The van der Waals surface area contributed by atoms with Gasteiger partial charge in [0, 0.05) is 18.5 Å². The Hall–Kier alpha value is -1.21. The SMILES string of the molecule is CCN(CC)c1nc(-c2nnc(N)s2)cs1. The second-order valence-corrected chi connectivity index (χ2v) is 4.98. The van der Waals surface area contributed by atoms with Crippen LogP contribution in [-0.2, 0) is 0 Å². The van der Waals surface area contributed by atoms with Gasteiger partial charge in [-0.05, 0) is 13.8 Å². The average molecular weight is 255 g/mol. The van der Waals surface area contributed by atoms with Crippen LogP contribution in [0.15, 0.2) is 5.38 Å². The lowest BCUT2D eigenvalue weighted by atomic mass is 10.5. The Morgan fingerprint density at radius 3 is 2.62 bits per heavy atom. The third-order valence-corrected chi connectivity index (χ3v) is 3.86. The van der Waals surface area contributed by atoms with Crippen molar-refractivity contribution in [1.29, 1.82) is 0 Å². The van der Waals surface area contributed by atoms with E-state index in [1.807, 2.05) is 5.38 Å². The molecule has 16 heavy (non-hydrogen) atoms. The predicted molar refractivity (Wildman–Crippen MR) is 69.0 cm³/mol. The second kappa shape index (κ2) is 4.75. The quantitative estimate of drug-likeness (QED) is 0.906. The average Bonchev–Trinajstić information content (AvgIpc) is 2.89. The van der Waals surface area contributed by atoms with E-state index in [9.17, 15) is 0 Å². The normalized spacial score (nSPS) is 10.6. The van der Waals surface area contributed by atoms with Crippen molar-refractivity contribution in [2.75, 3.05) is 23.7 Å². The lowest BCUT2D eigenvalue weighted by molar-refractivity contribution is 0.860. The minimum Gasteiger partial charge on any atom is -0.374 e. The van der Waals surface area contributed by atoms with Crippen LogP contribution in [0.2, 0.25) is 0 Å². The molecule has 2 rings (SSSR count). The summed E-state index contributed by atoms with van der Waals surface area (Å²) in [7, 11) is 0. The topological polar surface area (TPSA) is 67.9 Å². The molecule has 0 atom stereocenters. The molecule has 2 heterocycles. The van der Waals surface area contributed by atoms with E-state index in [2.05, 4.69) is 33.9 Å². The van der Waals surface area contributed by atoms with Crippen LogP contribution in [0.1, 0.15) is 13.8 Å². The molecule has 0 aliphatic carbocycles. The third-order valence-electron chi connectivity index (χ3n) is 2.19. The summed E-state index contributed by atoms with van der Waals surface area (Å²) in [5.41, 5.74) is 6.41. The molecule has 7 heteroatoms. The van der Waals surface area contributed by atoms with Gasteiger partial charge in [-0.2, -0.15) is 0 Å². The monoisotopic (exact) mass is 255 g/mol. The van der Waals surface area contributed by atoms with E-state index in [0.717, 1.165) is 28.9 Å². The summed E-state index contributed by atoms with van der Waals surface area (Å²) in [6, 6.07) is 0. The van der Waals surface area contributed by atoms with Gasteiger partial charge >= 0.3 is 0 Å². The summed E-state index contributed by atoms with van der Waals surface area (Å²) in [5, 5.41) is 12.0. The van der Waals surface area contributed by atoms with Gasteiger partial charge in [0.15, 0.2) is 10.1 Å². The Morgan fingerprint density at radius 2 is 2.06 bits per heavy atom. The van der Waals surface area contributed by atoms with Crippen LogP contribution >= 0.6 is 22.7 Å². The summed E-state index contributed by atoms with van der Waals surface area (Å²) in [6.07, 6.45) is 0.